The Hall–Kier alpha value is -2.04. The standard InChI is InChI=1S/C22H34N2O3/c1-18(2)17-27-22(26)24-13-7-12-23(14-15-24)21(25)16-19(3)10-11-20-8-5-4-6-9-20/h4-6,8-9,18-19H,7,10-17H2,1-3H3. The highest BCUT2D eigenvalue weighted by Gasteiger charge is 2.23. The number of nitrogens with zero attached hydrogens (tertiary/aromatic N) is 2. The molecule has 0 bridgehead atoms. The summed E-state index contributed by atoms with van der Waals surface area (Å²) in [6, 6.07) is 10.4. The van der Waals surface area contributed by atoms with E-state index >= 15 is 0 Å². The molecule has 0 saturated carbocycles. The first-order valence-electron chi connectivity index (χ1n) is 10.2. The van der Waals surface area contributed by atoms with Gasteiger partial charge in [0, 0.05) is 32.6 Å². The first-order valence-corrected chi connectivity index (χ1v) is 10.2. The number of rotatable bonds is 7. The minimum absolute atomic E-state index is 0.202. The van der Waals surface area contributed by atoms with Gasteiger partial charge in [-0.15, -0.1) is 0 Å². The van der Waals surface area contributed by atoms with Crippen molar-refractivity contribution in [2.45, 2.75) is 46.5 Å². The van der Waals surface area contributed by atoms with E-state index in [-0.39, 0.29) is 12.0 Å². The highest BCUT2D eigenvalue weighted by atomic mass is 16.6. The van der Waals surface area contributed by atoms with E-state index in [2.05, 4.69) is 31.2 Å². The molecule has 0 aromatic heterocycles. The summed E-state index contributed by atoms with van der Waals surface area (Å²) in [5.74, 6) is 0.886. The van der Waals surface area contributed by atoms with Gasteiger partial charge in [-0.1, -0.05) is 51.1 Å². The van der Waals surface area contributed by atoms with Crippen molar-refractivity contribution in [2.24, 2.45) is 11.8 Å². The molecule has 5 heteroatoms. The molecule has 1 fully saturated rings. The second kappa shape index (κ2) is 11.0. The van der Waals surface area contributed by atoms with E-state index < -0.39 is 0 Å². The van der Waals surface area contributed by atoms with Gasteiger partial charge >= 0.3 is 6.09 Å². The van der Waals surface area contributed by atoms with Gasteiger partial charge in [-0.2, -0.15) is 0 Å². The maximum absolute atomic E-state index is 12.7. The molecule has 2 amide bonds. The van der Waals surface area contributed by atoms with Crippen LogP contribution in [0.5, 0.6) is 0 Å². The molecule has 27 heavy (non-hydrogen) atoms. The SMILES string of the molecule is CC(C)COC(=O)N1CCCN(C(=O)CC(C)CCc2ccccc2)CC1. The lowest BCUT2D eigenvalue weighted by molar-refractivity contribution is -0.132. The fraction of sp³-hybridized carbons (Fsp3) is 0.636. The number of hydrogen-bond donors (Lipinski definition) is 0. The Morgan fingerprint density at radius 3 is 2.37 bits per heavy atom. The lowest BCUT2D eigenvalue weighted by Gasteiger charge is -2.23. The molecule has 2 rings (SSSR count). The minimum Gasteiger partial charge on any atom is -0.449 e. The summed E-state index contributed by atoms with van der Waals surface area (Å²) in [5, 5.41) is 0. The zero-order valence-corrected chi connectivity index (χ0v) is 17.0. The molecule has 1 aromatic rings. The third-order valence-corrected chi connectivity index (χ3v) is 4.94. The number of carbonyl (C=O) groups excluding carboxylic acids is 2. The Morgan fingerprint density at radius 1 is 1.00 bits per heavy atom. The monoisotopic (exact) mass is 374 g/mol. The van der Waals surface area contributed by atoms with E-state index in [0.29, 0.717) is 44.5 Å². The van der Waals surface area contributed by atoms with Crippen LogP contribution in [0, 0.1) is 11.8 Å². The molecule has 5 nitrogen and oxygen atoms in total. The molecule has 0 N–H and O–H groups in total. The second-order valence-corrected chi connectivity index (χ2v) is 8.03. The van der Waals surface area contributed by atoms with Crippen molar-refractivity contribution in [2.75, 3.05) is 32.8 Å². The predicted octanol–water partition coefficient (Wildman–Crippen LogP) is 3.97. The number of amides is 2. The van der Waals surface area contributed by atoms with Crippen molar-refractivity contribution in [3.63, 3.8) is 0 Å². The summed E-state index contributed by atoms with van der Waals surface area (Å²) in [6.45, 7) is 9.17. The quantitative estimate of drug-likeness (QED) is 0.725. The van der Waals surface area contributed by atoms with Crippen LogP contribution in [0.25, 0.3) is 0 Å². The fourth-order valence-corrected chi connectivity index (χ4v) is 3.27. The van der Waals surface area contributed by atoms with Crippen molar-refractivity contribution < 1.29 is 14.3 Å². The molecule has 1 aliphatic rings. The topological polar surface area (TPSA) is 49.9 Å². The Morgan fingerprint density at radius 2 is 1.67 bits per heavy atom. The van der Waals surface area contributed by atoms with Crippen LogP contribution in [0.2, 0.25) is 0 Å². The van der Waals surface area contributed by atoms with Gasteiger partial charge < -0.3 is 14.5 Å². The van der Waals surface area contributed by atoms with Crippen LogP contribution in [0.15, 0.2) is 30.3 Å². The van der Waals surface area contributed by atoms with Crippen LogP contribution in [-0.4, -0.2) is 54.6 Å². The van der Waals surface area contributed by atoms with Crippen molar-refractivity contribution in [3.05, 3.63) is 35.9 Å². The zero-order chi connectivity index (χ0) is 19.6. The van der Waals surface area contributed by atoms with Crippen molar-refractivity contribution in [3.8, 4) is 0 Å². The summed E-state index contributed by atoms with van der Waals surface area (Å²) in [7, 11) is 0. The molecule has 1 unspecified atom stereocenters. The van der Waals surface area contributed by atoms with Gasteiger partial charge in [0.1, 0.15) is 0 Å². The lowest BCUT2D eigenvalue weighted by atomic mass is 9.97. The average Bonchev–Trinajstić information content (AvgIpc) is 2.91. The number of ether oxygens (including phenoxy) is 1. The molecule has 1 saturated heterocycles. The third-order valence-electron chi connectivity index (χ3n) is 4.94. The number of hydrogen-bond acceptors (Lipinski definition) is 3. The molecule has 0 spiro atoms. The molecule has 1 heterocycles. The minimum atomic E-state index is -0.255. The average molecular weight is 375 g/mol. The van der Waals surface area contributed by atoms with E-state index in [1.54, 1.807) is 4.90 Å². The van der Waals surface area contributed by atoms with Crippen molar-refractivity contribution >= 4 is 12.0 Å². The first kappa shape index (κ1) is 21.3. The van der Waals surface area contributed by atoms with Crippen LogP contribution < -0.4 is 0 Å². The Labute approximate surface area is 163 Å². The van der Waals surface area contributed by atoms with Crippen molar-refractivity contribution in [1.29, 1.82) is 0 Å². The summed E-state index contributed by atoms with van der Waals surface area (Å²) >= 11 is 0. The zero-order valence-electron chi connectivity index (χ0n) is 17.0. The van der Waals surface area contributed by atoms with Gasteiger partial charge in [-0.3, -0.25) is 4.79 Å². The van der Waals surface area contributed by atoms with Crippen molar-refractivity contribution in [1.82, 2.24) is 9.80 Å². The van der Waals surface area contributed by atoms with E-state index in [1.165, 1.54) is 5.56 Å². The predicted molar refractivity (Wildman–Crippen MR) is 108 cm³/mol. The maximum atomic E-state index is 12.7. The highest BCUT2D eigenvalue weighted by Crippen LogP contribution is 2.15. The number of benzene rings is 1. The van der Waals surface area contributed by atoms with Gasteiger partial charge in [-0.05, 0) is 36.7 Å². The van der Waals surface area contributed by atoms with Gasteiger partial charge in [-0.25, -0.2) is 4.79 Å². The summed E-state index contributed by atoms with van der Waals surface area (Å²) in [4.78, 5) is 28.4. The van der Waals surface area contributed by atoms with Crippen LogP contribution in [0.3, 0.4) is 0 Å². The molecule has 0 radical (unpaired) electrons. The first-order chi connectivity index (χ1) is 13.0. The Bertz CT molecular complexity index is 588. The van der Waals surface area contributed by atoms with E-state index in [9.17, 15) is 9.59 Å². The molecular formula is C22H34N2O3. The van der Waals surface area contributed by atoms with Gasteiger partial charge in [0.15, 0.2) is 0 Å². The molecule has 0 aliphatic carbocycles. The van der Waals surface area contributed by atoms with Gasteiger partial charge in [0.05, 0.1) is 6.61 Å². The summed E-state index contributed by atoms with van der Waals surface area (Å²) in [5.41, 5.74) is 1.32. The summed E-state index contributed by atoms with van der Waals surface area (Å²) in [6.07, 6.45) is 3.14. The molecular weight excluding hydrogens is 340 g/mol. The van der Waals surface area contributed by atoms with E-state index in [0.717, 1.165) is 25.8 Å². The van der Waals surface area contributed by atoms with Crippen LogP contribution in [-0.2, 0) is 16.0 Å². The Kier molecular flexibility index (Phi) is 8.62. The number of carbonyl (C=O) groups is 2. The van der Waals surface area contributed by atoms with Gasteiger partial charge in [0.25, 0.3) is 0 Å². The fourth-order valence-electron chi connectivity index (χ4n) is 3.27. The molecule has 1 atom stereocenters. The smallest absolute Gasteiger partial charge is 0.409 e. The van der Waals surface area contributed by atoms with Crippen LogP contribution >= 0.6 is 0 Å². The van der Waals surface area contributed by atoms with Crippen LogP contribution in [0.4, 0.5) is 4.79 Å². The molecule has 150 valence electrons. The summed E-state index contributed by atoms with van der Waals surface area (Å²) < 4.78 is 5.32. The second-order valence-electron chi connectivity index (χ2n) is 8.03. The number of aryl methyl sites for hydroxylation is 1. The van der Waals surface area contributed by atoms with Crippen LogP contribution in [0.1, 0.15) is 45.6 Å². The molecule has 1 aromatic carbocycles. The normalized spacial score (nSPS) is 16.1. The third kappa shape index (κ3) is 7.61. The van der Waals surface area contributed by atoms with E-state index in [1.807, 2.05) is 24.8 Å². The molecule has 1 aliphatic heterocycles. The lowest BCUT2D eigenvalue weighted by Crippen LogP contribution is -2.38. The Balaban J connectivity index is 1.73. The van der Waals surface area contributed by atoms with E-state index in [4.69, 9.17) is 4.74 Å². The maximum Gasteiger partial charge on any atom is 0.409 e. The largest absolute Gasteiger partial charge is 0.449 e. The highest BCUT2D eigenvalue weighted by molar-refractivity contribution is 5.76. The van der Waals surface area contributed by atoms with Gasteiger partial charge in [0.2, 0.25) is 5.91 Å².